The highest BCUT2D eigenvalue weighted by atomic mass is 16.1. The zero-order valence-electron chi connectivity index (χ0n) is 11.2. The molecule has 2 rings (SSSR count). The van der Waals surface area contributed by atoms with Crippen LogP contribution in [-0.2, 0) is 6.54 Å². The van der Waals surface area contributed by atoms with Gasteiger partial charge in [0, 0.05) is 31.0 Å². The fraction of sp³-hybridized carbons (Fsp3) is 0.125. The molecule has 0 saturated carbocycles. The van der Waals surface area contributed by atoms with Crippen molar-refractivity contribution in [2.45, 2.75) is 6.54 Å². The van der Waals surface area contributed by atoms with Crippen LogP contribution >= 0.6 is 0 Å². The van der Waals surface area contributed by atoms with Gasteiger partial charge in [0.1, 0.15) is 0 Å². The van der Waals surface area contributed by atoms with Crippen molar-refractivity contribution in [3.05, 3.63) is 72.1 Å². The second kappa shape index (κ2) is 6.63. The van der Waals surface area contributed by atoms with Crippen LogP contribution in [-0.4, -0.2) is 17.4 Å². The standard InChI is InChI=1S/C16H17N3O/c1-12(9-19-11-13-5-4-8-18-10-13)14-6-2-3-7-15(14)16(17)20/h2-8,10,19H,1,9,11H2,(H2,17,20). The number of aromatic nitrogens is 1. The highest BCUT2D eigenvalue weighted by Crippen LogP contribution is 2.16. The van der Waals surface area contributed by atoms with E-state index in [9.17, 15) is 4.79 Å². The molecule has 3 N–H and O–H groups in total. The van der Waals surface area contributed by atoms with E-state index in [1.807, 2.05) is 30.5 Å². The maximum atomic E-state index is 11.4. The van der Waals surface area contributed by atoms with Crippen LogP contribution in [0.2, 0.25) is 0 Å². The Balaban J connectivity index is 1.97. The molecule has 0 radical (unpaired) electrons. The summed E-state index contributed by atoms with van der Waals surface area (Å²) in [5, 5.41) is 3.27. The van der Waals surface area contributed by atoms with Crippen molar-refractivity contribution in [2.24, 2.45) is 5.73 Å². The number of carbonyl (C=O) groups is 1. The van der Waals surface area contributed by atoms with E-state index in [1.54, 1.807) is 18.3 Å². The zero-order valence-corrected chi connectivity index (χ0v) is 11.2. The normalized spacial score (nSPS) is 10.2. The molecule has 1 aromatic heterocycles. The Kier molecular flexibility index (Phi) is 4.63. The molecule has 0 unspecified atom stereocenters. The van der Waals surface area contributed by atoms with Crippen LogP contribution in [0, 0.1) is 0 Å². The third-order valence-corrected chi connectivity index (χ3v) is 2.96. The summed E-state index contributed by atoms with van der Waals surface area (Å²) in [4.78, 5) is 15.4. The Labute approximate surface area is 118 Å². The topological polar surface area (TPSA) is 68.0 Å². The largest absolute Gasteiger partial charge is 0.366 e. The number of benzene rings is 1. The molecule has 20 heavy (non-hydrogen) atoms. The Bertz CT molecular complexity index is 608. The lowest BCUT2D eigenvalue weighted by atomic mass is 10.0. The summed E-state index contributed by atoms with van der Waals surface area (Å²) in [6.45, 7) is 5.30. The number of amides is 1. The van der Waals surface area contributed by atoms with Gasteiger partial charge in [-0.3, -0.25) is 9.78 Å². The maximum Gasteiger partial charge on any atom is 0.249 e. The molecule has 4 heteroatoms. The fourth-order valence-electron chi connectivity index (χ4n) is 1.96. The molecule has 0 aliphatic rings. The van der Waals surface area contributed by atoms with Crippen LogP contribution < -0.4 is 11.1 Å². The summed E-state index contributed by atoms with van der Waals surface area (Å²) in [6.07, 6.45) is 3.55. The number of primary amides is 1. The van der Waals surface area contributed by atoms with E-state index in [0.717, 1.165) is 16.7 Å². The van der Waals surface area contributed by atoms with Crippen molar-refractivity contribution in [1.29, 1.82) is 0 Å². The lowest BCUT2D eigenvalue weighted by Gasteiger charge is -2.11. The minimum Gasteiger partial charge on any atom is -0.366 e. The molecular formula is C16H17N3O. The van der Waals surface area contributed by atoms with E-state index in [0.29, 0.717) is 18.7 Å². The van der Waals surface area contributed by atoms with Gasteiger partial charge in [0.05, 0.1) is 0 Å². The smallest absolute Gasteiger partial charge is 0.249 e. The number of nitrogens with one attached hydrogen (secondary N) is 1. The third kappa shape index (κ3) is 3.52. The quantitative estimate of drug-likeness (QED) is 0.841. The van der Waals surface area contributed by atoms with Crippen LogP contribution in [0.15, 0.2) is 55.4 Å². The lowest BCUT2D eigenvalue weighted by Crippen LogP contribution is -2.18. The van der Waals surface area contributed by atoms with Crippen molar-refractivity contribution in [2.75, 3.05) is 6.54 Å². The third-order valence-electron chi connectivity index (χ3n) is 2.96. The number of rotatable bonds is 6. The monoisotopic (exact) mass is 267 g/mol. The van der Waals surface area contributed by atoms with Crippen molar-refractivity contribution >= 4 is 11.5 Å². The molecule has 0 aliphatic heterocycles. The van der Waals surface area contributed by atoms with Gasteiger partial charge in [-0.15, -0.1) is 0 Å². The van der Waals surface area contributed by atoms with Gasteiger partial charge in [-0.25, -0.2) is 0 Å². The summed E-state index contributed by atoms with van der Waals surface area (Å²) in [7, 11) is 0. The van der Waals surface area contributed by atoms with E-state index in [1.165, 1.54) is 0 Å². The van der Waals surface area contributed by atoms with Crippen molar-refractivity contribution < 1.29 is 4.79 Å². The van der Waals surface area contributed by atoms with Gasteiger partial charge in [0.15, 0.2) is 0 Å². The molecule has 0 bridgehead atoms. The average Bonchev–Trinajstić information content (AvgIpc) is 2.48. The summed E-state index contributed by atoms with van der Waals surface area (Å²) in [5.41, 5.74) is 8.59. The Morgan fingerprint density at radius 3 is 2.60 bits per heavy atom. The number of hydrogen-bond donors (Lipinski definition) is 2. The first kappa shape index (κ1) is 14.0. The average molecular weight is 267 g/mol. The molecule has 1 heterocycles. The van der Waals surface area contributed by atoms with Crippen molar-refractivity contribution in [3.8, 4) is 0 Å². The Morgan fingerprint density at radius 2 is 1.95 bits per heavy atom. The van der Waals surface area contributed by atoms with Crippen molar-refractivity contribution in [3.63, 3.8) is 0 Å². The van der Waals surface area contributed by atoms with Crippen LogP contribution in [0.5, 0.6) is 0 Å². The summed E-state index contributed by atoms with van der Waals surface area (Å²) >= 11 is 0. The number of nitrogens with two attached hydrogens (primary N) is 1. The Morgan fingerprint density at radius 1 is 1.20 bits per heavy atom. The fourth-order valence-corrected chi connectivity index (χ4v) is 1.96. The SMILES string of the molecule is C=C(CNCc1cccnc1)c1ccccc1C(N)=O. The molecule has 0 spiro atoms. The van der Waals surface area contributed by atoms with Crippen LogP contribution in [0.25, 0.3) is 5.57 Å². The van der Waals surface area contributed by atoms with Crippen LogP contribution in [0.3, 0.4) is 0 Å². The van der Waals surface area contributed by atoms with E-state index in [4.69, 9.17) is 5.73 Å². The molecule has 2 aromatic rings. The first-order valence-corrected chi connectivity index (χ1v) is 6.35. The highest BCUT2D eigenvalue weighted by Gasteiger charge is 2.09. The van der Waals surface area contributed by atoms with Crippen LogP contribution in [0.1, 0.15) is 21.5 Å². The van der Waals surface area contributed by atoms with E-state index < -0.39 is 5.91 Å². The van der Waals surface area contributed by atoms with Gasteiger partial charge in [-0.05, 0) is 28.8 Å². The van der Waals surface area contributed by atoms with Gasteiger partial charge in [0.2, 0.25) is 5.91 Å². The predicted molar refractivity (Wildman–Crippen MR) is 79.9 cm³/mol. The van der Waals surface area contributed by atoms with Gasteiger partial charge >= 0.3 is 0 Å². The minimum absolute atomic E-state index is 0.436. The molecule has 1 amide bonds. The van der Waals surface area contributed by atoms with Gasteiger partial charge in [0.25, 0.3) is 0 Å². The number of hydrogen-bond acceptors (Lipinski definition) is 3. The summed E-state index contributed by atoms with van der Waals surface area (Å²) in [6, 6.07) is 11.1. The second-order valence-electron chi connectivity index (χ2n) is 4.48. The second-order valence-corrected chi connectivity index (χ2v) is 4.48. The lowest BCUT2D eigenvalue weighted by molar-refractivity contribution is 0.1000. The molecule has 1 aromatic carbocycles. The molecule has 0 atom stereocenters. The molecule has 0 saturated heterocycles. The molecular weight excluding hydrogens is 250 g/mol. The summed E-state index contributed by atoms with van der Waals surface area (Å²) < 4.78 is 0. The molecule has 0 aliphatic carbocycles. The summed E-state index contributed by atoms with van der Waals surface area (Å²) in [5.74, 6) is -0.436. The van der Waals surface area contributed by atoms with E-state index in [-0.39, 0.29) is 0 Å². The molecule has 4 nitrogen and oxygen atoms in total. The molecule has 102 valence electrons. The predicted octanol–water partition coefficient (Wildman–Crippen LogP) is 1.98. The van der Waals surface area contributed by atoms with Gasteiger partial charge < -0.3 is 11.1 Å². The number of carbonyl (C=O) groups excluding carboxylic acids is 1. The first-order chi connectivity index (χ1) is 9.68. The van der Waals surface area contributed by atoms with Gasteiger partial charge in [-0.2, -0.15) is 0 Å². The number of nitrogens with zero attached hydrogens (tertiary/aromatic N) is 1. The Hall–Kier alpha value is -2.46. The van der Waals surface area contributed by atoms with E-state index >= 15 is 0 Å². The van der Waals surface area contributed by atoms with Crippen LogP contribution in [0.4, 0.5) is 0 Å². The maximum absolute atomic E-state index is 11.4. The first-order valence-electron chi connectivity index (χ1n) is 6.35. The van der Waals surface area contributed by atoms with Crippen molar-refractivity contribution in [1.82, 2.24) is 10.3 Å². The van der Waals surface area contributed by atoms with E-state index in [2.05, 4.69) is 16.9 Å². The highest BCUT2D eigenvalue weighted by molar-refractivity contribution is 5.98. The van der Waals surface area contributed by atoms with Gasteiger partial charge in [-0.1, -0.05) is 30.8 Å². The molecule has 0 fully saturated rings. The zero-order chi connectivity index (χ0) is 14.4. The number of pyridine rings is 1. The minimum atomic E-state index is -0.436.